The minimum atomic E-state index is -1.04. The van der Waals surface area contributed by atoms with Crippen LogP contribution in [0.1, 0.15) is 27.5 Å². The van der Waals surface area contributed by atoms with Gasteiger partial charge in [0.15, 0.2) is 5.13 Å². The Morgan fingerprint density at radius 1 is 1.09 bits per heavy atom. The monoisotopic (exact) mass is 481 g/mol. The molecule has 1 aliphatic heterocycles. The summed E-state index contributed by atoms with van der Waals surface area (Å²) in [6.45, 7) is 0.169. The van der Waals surface area contributed by atoms with Gasteiger partial charge >= 0.3 is 12.1 Å². The third-order valence-electron chi connectivity index (χ3n) is 5.70. The highest BCUT2D eigenvalue weighted by molar-refractivity contribution is 7.99. The number of anilines is 1. The number of aromatic nitrogens is 1. The van der Waals surface area contributed by atoms with E-state index >= 15 is 0 Å². The number of rotatable bonds is 5. The number of aliphatic carboxylic acids is 1. The lowest BCUT2D eigenvalue weighted by atomic mass is 9.98. The van der Waals surface area contributed by atoms with Gasteiger partial charge in [-0.05, 0) is 22.3 Å². The van der Waals surface area contributed by atoms with Crippen molar-refractivity contribution in [2.24, 2.45) is 0 Å². The Morgan fingerprint density at radius 3 is 2.42 bits per heavy atom. The molecule has 1 aromatic heterocycles. The molecule has 2 amide bonds. The van der Waals surface area contributed by atoms with Gasteiger partial charge in [0, 0.05) is 17.1 Å². The summed E-state index contributed by atoms with van der Waals surface area (Å²) in [5.74, 6) is -0.930. The molecule has 2 N–H and O–H groups in total. The quantitative estimate of drug-likeness (QED) is 0.565. The Labute approximate surface area is 197 Å². The molecule has 10 heteroatoms. The SMILES string of the molecule is O=C(Nc1nc(C(=O)N2CSCC2C(=O)O)cs1)OCC1c2ccccc2-c2ccccc21. The summed E-state index contributed by atoms with van der Waals surface area (Å²) in [7, 11) is 0. The molecule has 5 rings (SSSR count). The summed E-state index contributed by atoms with van der Waals surface area (Å²) < 4.78 is 5.50. The first kappa shape index (κ1) is 21.5. The van der Waals surface area contributed by atoms with Crippen molar-refractivity contribution in [1.82, 2.24) is 9.88 Å². The zero-order chi connectivity index (χ0) is 22.9. The second kappa shape index (κ2) is 8.87. The number of nitrogens with one attached hydrogen (secondary N) is 1. The molecule has 1 fully saturated rings. The van der Waals surface area contributed by atoms with E-state index in [0.29, 0.717) is 11.6 Å². The molecule has 2 aliphatic rings. The average Bonchev–Trinajstić information content (AvgIpc) is 3.55. The molecule has 8 nitrogen and oxygen atoms in total. The molecule has 1 unspecified atom stereocenters. The number of nitrogens with zero attached hydrogens (tertiary/aromatic N) is 2. The van der Waals surface area contributed by atoms with Crippen LogP contribution in [0.5, 0.6) is 0 Å². The van der Waals surface area contributed by atoms with Crippen LogP contribution in [0.25, 0.3) is 11.1 Å². The van der Waals surface area contributed by atoms with Gasteiger partial charge in [0.05, 0.1) is 5.88 Å². The Bertz CT molecular complexity index is 1200. The second-order valence-electron chi connectivity index (χ2n) is 7.62. The molecule has 1 atom stereocenters. The van der Waals surface area contributed by atoms with E-state index in [1.54, 1.807) is 0 Å². The predicted molar refractivity (Wildman–Crippen MR) is 126 cm³/mol. The van der Waals surface area contributed by atoms with E-state index in [1.807, 2.05) is 36.4 Å². The molecule has 0 saturated carbocycles. The van der Waals surface area contributed by atoms with Gasteiger partial charge < -0.3 is 14.7 Å². The molecular formula is C23H19N3O5S2. The van der Waals surface area contributed by atoms with Crippen molar-refractivity contribution in [1.29, 1.82) is 0 Å². The van der Waals surface area contributed by atoms with E-state index in [2.05, 4.69) is 22.4 Å². The molecule has 0 spiro atoms. The van der Waals surface area contributed by atoms with Gasteiger partial charge in [0.25, 0.3) is 5.91 Å². The average molecular weight is 482 g/mol. The van der Waals surface area contributed by atoms with E-state index in [9.17, 15) is 19.5 Å². The van der Waals surface area contributed by atoms with Crippen molar-refractivity contribution in [3.63, 3.8) is 0 Å². The first-order valence-electron chi connectivity index (χ1n) is 10.2. The van der Waals surface area contributed by atoms with Crippen LogP contribution in [-0.4, -0.2) is 57.2 Å². The van der Waals surface area contributed by atoms with E-state index < -0.39 is 24.0 Å². The van der Waals surface area contributed by atoms with Crippen LogP contribution in [0.3, 0.4) is 0 Å². The lowest BCUT2D eigenvalue weighted by molar-refractivity contribution is -0.140. The van der Waals surface area contributed by atoms with Crippen molar-refractivity contribution >= 4 is 46.2 Å². The van der Waals surface area contributed by atoms with Gasteiger partial charge in [-0.25, -0.2) is 14.6 Å². The van der Waals surface area contributed by atoms with Gasteiger partial charge in [-0.3, -0.25) is 10.1 Å². The first-order valence-corrected chi connectivity index (χ1v) is 12.3. The number of benzene rings is 2. The maximum absolute atomic E-state index is 12.6. The molecule has 0 bridgehead atoms. The third kappa shape index (κ3) is 4.07. The van der Waals surface area contributed by atoms with Crippen LogP contribution < -0.4 is 5.32 Å². The van der Waals surface area contributed by atoms with Crippen molar-refractivity contribution in [3.05, 3.63) is 70.7 Å². The minimum absolute atomic E-state index is 0.0581. The number of carbonyl (C=O) groups excluding carboxylic acids is 2. The standard InChI is InChI=1S/C23H19N3O5S2/c27-20(26-12-32-11-19(26)21(28)29)18-10-33-22(24-18)25-23(30)31-9-17-15-7-3-1-5-13(15)14-6-2-4-8-16(14)17/h1-8,10,17,19H,9,11-12H2,(H,28,29)(H,24,25,30). The van der Waals surface area contributed by atoms with E-state index in [4.69, 9.17) is 4.74 Å². The molecule has 1 aliphatic carbocycles. The summed E-state index contributed by atoms with van der Waals surface area (Å²) in [4.78, 5) is 41.8. The highest BCUT2D eigenvalue weighted by Crippen LogP contribution is 2.44. The fraction of sp³-hybridized carbons (Fsp3) is 0.217. The number of thioether (sulfide) groups is 1. The lowest BCUT2D eigenvalue weighted by Gasteiger charge is -2.19. The fourth-order valence-corrected chi connectivity index (χ4v) is 5.96. The summed E-state index contributed by atoms with van der Waals surface area (Å²) in [5.41, 5.74) is 4.62. The van der Waals surface area contributed by atoms with Gasteiger partial charge in [-0.2, -0.15) is 0 Å². The second-order valence-corrected chi connectivity index (χ2v) is 9.48. The Balaban J connectivity index is 1.23. The highest BCUT2D eigenvalue weighted by atomic mass is 32.2. The molecule has 3 aromatic rings. The van der Waals surface area contributed by atoms with Gasteiger partial charge in [-0.15, -0.1) is 23.1 Å². The molecule has 168 valence electrons. The normalized spacial score (nSPS) is 16.8. The summed E-state index contributed by atoms with van der Waals surface area (Å²) >= 11 is 2.46. The Morgan fingerprint density at radius 2 is 1.76 bits per heavy atom. The summed E-state index contributed by atoms with van der Waals surface area (Å²) in [5, 5.41) is 13.6. The van der Waals surface area contributed by atoms with E-state index in [-0.39, 0.29) is 23.4 Å². The number of carboxylic acid groups (broad SMARTS) is 1. The van der Waals surface area contributed by atoms with E-state index in [0.717, 1.165) is 33.6 Å². The third-order valence-corrected chi connectivity index (χ3v) is 7.47. The van der Waals surface area contributed by atoms with Crippen molar-refractivity contribution in [3.8, 4) is 11.1 Å². The number of thiazole rings is 1. The number of hydrogen-bond acceptors (Lipinski definition) is 7. The predicted octanol–water partition coefficient (Wildman–Crippen LogP) is 4.10. The van der Waals surface area contributed by atoms with Gasteiger partial charge in [-0.1, -0.05) is 48.5 Å². The van der Waals surface area contributed by atoms with Crippen LogP contribution in [-0.2, 0) is 9.53 Å². The van der Waals surface area contributed by atoms with Gasteiger partial charge in [0.2, 0.25) is 0 Å². The van der Waals surface area contributed by atoms with Gasteiger partial charge in [0.1, 0.15) is 18.3 Å². The maximum Gasteiger partial charge on any atom is 0.413 e. The Hall–Kier alpha value is -3.37. The maximum atomic E-state index is 12.6. The van der Waals surface area contributed by atoms with Crippen LogP contribution in [0.15, 0.2) is 53.9 Å². The van der Waals surface area contributed by atoms with Crippen LogP contribution in [0.2, 0.25) is 0 Å². The number of ether oxygens (including phenoxy) is 1. The first-order chi connectivity index (χ1) is 16.0. The smallest absolute Gasteiger partial charge is 0.413 e. The Kier molecular flexibility index (Phi) is 5.77. The fourth-order valence-electron chi connectivity index (χ4n) is 4.15. The summed E-state index contributed by atoms with van der Waals surface area (Å²) in [6, 6.07) is 15.3. The molecule has 2 aromatic carbocycles. The number of amides is 2. The minimum Gasteiger partial charge on any atom is -0.480 e. The number of carboxylic acids is 1. The summed E-state index contributed by atoms with van der Waals surface area (Å²) in [6.07, 6.45) is -0.662. The highest BCUT2D eigenvalue weighted by Gasteiger charge is 2.36. The van der Waals surface area contributed by atoms with Crippen LogP contribution in [0.4, 0.5) is 9.93 Å². The van der Waals surface area contributed by atoms with E-state index in [1.165, 1.54) is 22.0 Å². The largest absolute Gasteiger partial charge is 0.480 e. The zero-order valence-corrected chi connectivity index (χ0v) is 18.9. The van der Waals surface area contributed by atoms with Crippen molar-refractivity contribution in [2.45, 2.75) is 12.0 Å². The molecule has 33 heavy (non-hydrogen) atoms. The van der Waals surface area contributed by atoms with Crippen LogP contribution >= 0.6 is 23.1 Å². The topological polar surface area (TPSA) is 109 Å². The lowest BCUT2D eigenvalue weighted by Crippen LogP contribution is -2.41. The number of hydrogen-bond donors (Lipinski definition) is 2. The van der Waals surface area contributed by atoms with Crippen LogP contribution in [0, 0.1) is 0 Å². The van der Waals surface area contributed by atoms with Crippen molar-refractivity contribution in [2.75, 3.05) is 23.6 Å². The molecule has 1 saturated heterocycles. The molecular weight excluding hydrogens is 462 g/mol. The number of carbonyl (C=O) groups is 3. The molecule has 2 heterocycles. The molecule has 0 radical (unpaired) electrons. The number of fused-ring (bicyclic) bond motifs is 3. The van der Waals surface area contributed by atoms with Crippen molar-refractivity contribution < 1.29 is 24.2 Å². The zero-order valence-electron chi connectivity index (χ0n) is 17.3.